The topological polar surface area (TPSA) is 71.9 Å². The van der Waals surface area contributed by atoms with Gasteiger partial charge in [0.05, 0.1) is 23.9 Å². The van der Waals surface area contributed by atoms with E-state index in [1.807, 2.05) is 39.8 Å². The molecule has 0 aliphatic carbocycles. The second-order valence-electron chi connectivity index (χ2n) is 7.73. The van der Waals surface area contributed by atoms with Gasteiger partial charge in [-0.15, -0.1) is 0 Å². The van der Waals surface area contributed by atoms with Gasteiger partial charge in [0.2, 0.25) is 0 Å². The summed E-state index contributed by atoms with van der Waals surface area (Å²) in [6.07, 6.45) is 1.85. The molecular formula is C22H28N2O4. The highest BCUT2D eigenvalue weighted by molar-refractivity contribution is 5.71. The number of ether oxygens (including phenoxy) is 2. The molecule has 28 heavy (non-hydrogen) atoms. The van der Waals surface area contributed by atoms with Crippen molar-refractivity contribution in [2.45, 2.75) is 47.0 Å². The number of likely N-dealkylation sites (tertiary alicyclic amines) is 1. The second kappa shape index (κ2) is 8.61. The average molecular weight is 384 g/mol. The van der Waals surface area contributed by atoms with Crippen LogP contribution in [0.5, 0.6) is 11.5 Å². The fourth-order valence-corrected chi connectivity index (χ4v) is 3.46. The lowest BCUT2D eigenvalue weighted by Crippen LogP contribution is -2.49. The van der Waals surface area contributed by atoms with Gasteiger partial charge in [-0.05, 0) is 56.5 Å². The lowest BCUT2D eigenvalue weighted by Gasteiger charge is -2.36. The van der Waals surface area contributed by atoms with Crippen molar-refractivity contribution >= 4 is 5.97 Å². The number of aromatic nitrogens is 1. The van der Waals surface area contributed by atoms with E-state index in [1.54, 1.807) is 6.20 Å². The number of carboxylic acid groups (broad SMARTS) is 1. The SMILES string of the molecule is Cc1cc(CN2CC(C(=O)O)C2)cc(C)c1OCc1ccc(OC(C)C)cn1. The van der Waals surface area contributed by atoms with Crippen molar-refractivity contribution in [1.82, 2.24) is 9.88 Å². The lowest BCUT2D eigenvalue weighted by atomic mass is 9.98. The molecular weight excluding hydrogens is 356 g/mol. The van der Waals surface area contributed by atoms with Crippen molar-refractivity contribution < 1.29 is 19.4 Å². The lowest BCUT2D eigenvalue weighted by molar-refractivity contribution is -0.147. The minimum atomic E-state index is -0.704. The van der Waals surface area contributed by atoms with Gasteiger partial charge >= 0.3 is 5.97 Å². The minimum Gasteiger partial charge on any atom is -0.489 e. The number of aryl methyl sites for hydroxylation is 2. The summed E-state index contributed by atoms with van der Waals surface area (Å²) in [4.78, 5) is 17.5. The Morgan fingerprint density at radius 2 is 1.93 bits per heavy atom. The zero-order valence-electron chi connectivity index (χ0n) is 16.9. The normalized spacial score (nSPS) is 14.8. The van der Waals surface area contributed by atoms with Gasteiger partial charge in [-0.25, -0.2) is 0 Å². The maximum absolute atomic E-state index is 10.9. The summed E-state index contributed by atoms with van der Waals surface area (Å²) < 4.78 is 11.6. The monoisotopic (exact) mass is 384 g/mol. The minimum absolute atomic E-state index is 0.124. The zero-order valence-corrected chi connectivity index (χ0v) is 16.9. The standard InChI is InChI=1S/C22H28N2O4/c1-14(2)28-20-6-5-19(23-9-20)13-27-21-15(3)7-17(8-16(21)4)10-24-11-18(12-24)22(25)26/h5-9,14,18H,10-13H2,1-4H3,(H,25,26). The number of carbonyl (C=O) groups is 1. The van der Waals surface area contributed by atoms with Gasteiger partial charge in [-0.1, -0.05) is 12.1 Å². The summed E-state index contributed by atoms with van der Waals surface area (Å²) in [5, 5.41) is 8.99. The van der Waals surface area contributed by atoms with Crippen molar-refractivity contribution in [2.24, 2.45) is 5.92 Å². The molecule has 0 bridgehead atoms. The van der Waals surface area contributed by atoms with Crippen LogP contribution in [0.25, 0.3) is 0 Å². The van der Waals surface area contributed by atoms with E-state index >= 15 is 0 Å². The van der Waals surface area contributed by atoms with E-state index in [0.717, 1.165) is 34.9 Å². The Hall–Kier alpha value is -2.60. The zero-order chi connectivity index (χ0) is 20.3. The summed E-state index contributed by atoms with van der Waals surface area (Å²) in [5.41, 5.74) is 4.17. The van der Waals surface area contributed by atoms with E-state index in [9.17, 15) is 4.79 Å². The number of rotatable bonds is 8. The van der Waals surface area contributed by atoms with Gasteiger partial charge in [0, 0.05) is 19.6 Å². The highest BCUT2D eigenvalue weighted by Crippen LogP contribution is 2.28. The molecule has 0 unspecified atom stereocenters. The Kier molecular flexibility index (Phi) is 6.19. The maximum Gasteiger partial charge on any atom is 0.309 e. The third kappa shape index (κ3) is 5.01. The summed E-state index contributed by atoms with van der Waals surface area (Å²) in [6.45, 7) is 10.4. The molecule has 1 saturated heterocycles. The number of hydrogen-bond donors (Lipinski definition) is 1. The van der Waals surface area contributed by atoms with Crippen molar-refractivity contribution in [3.63, 3.8) is 0 Å². The summed E-state index contributed by atoms with van der Waals surface area (Å²) >= 11 is 0. The van der Waals surface area contributed by atoms with E-state index in [0.29, 0.717) is 19.7 Å². The molecule has 2 aromatic rings. The first-order chi connectivity index (χ1) is 13.3. The van der Waals surface area contributed by atoms with Crippen LogP contribution in [0.3, 0.4) is 0 Å². The smallest absolute Gasteiger partial charge is 0.309 e. The third-order valence-electron chi connectivity index (χ3n) is 4.77. The number of hydrogen-bond acceptors (Lipinski definition) is 5. The molecule has 0 spiro atoms. The molecule has 1 aliphatic rings. The fourth-order valence-electron chi connectivity index (χ4n) is 3.46. The van der Waals surface area contributed by atoms with Crippen LogP contribution < -0.4 is 9.47 Å². The quantitative estimate of drug-likeness (QED) is 0.750. The molecule has 0 saturated carbocycles. The number of pyridine rings is 1. The summed E-state index contributed by atoms with van der Waals surface area (Å²) in [6, 6.07) is 8.05. The van der Waals surface area contributed by atoms with E-state index in [1.165, 1.54) is 5.56 Å². The van der Waals surface area contributed by atoms with Crippen LogP contribution in [-0.4, -0.2) is 40.2 Å². The molecule has 2 heterocycles. The average Bonchev–Trinajstić information content (AvgIpc) is 2.57. The first kappa shape index (κ1) is 20.1. The summed E-state index contributed by atoms with van der Waals surface area (Å²) in [7, 11) is 0. The fraction of sp³-hybridized carbons (Fsp3) is 0.455. The Bertz CT molecular complexity index is 804. The van der Waals surface area contributed by atoms with Crippen molar-refractivity contribution in [3.8, 4) is 11.5 Å². The van der Waals surface area contributed by atoms with Gasteiger partial charge in [0.25, 0.3) is 0 Å². The second-order valence-corrected chi connectivity index (χ2v) is 7.73. The molecule has 0 amide bonds. The van der Waals surface area contributed by atoms with Crippen LogP contribution in [-0.2, 0) is 17.9 Å². The van der Waals surface area contributed by atoms with Crippen LogP contribution in [0.2, 0.25) is 0 Å². The summed E-state index contributed by atoms with van der Waals surface area (Å²) in [5.74, 6) is 0.700. The van der Waals surface area contributed by atoms with Crippen molar-refractivity contribution in [2.75, 3.05) is 13.1 Å². The van der Waals surface area contributed by atoms with Gasteiger partial charge in [-0.2, -0.15) is 0 Å². The van der Waals surface area contributed by atoms with E-state index in [4.69, 9.17) is 14.6 Å². The van der Waals surface area contributed by atoms with Gasteiger partial charge in [0.15, 0.2) is 0 Å². The van der Waals surface area contributed by atoms with E-state index in [-0.39, 0.29) is 12.0 Å². The molecule has 1 aromatic heterocycles. The van der Waals surface area contributed by atoms with Crippen LogP contribution in [0.1, 0.15) is 36.2 Å². The molecule has 3 rings (SSSR count). The predicted octanol–water partition coefficient (Wildman–Crippen LogP) is 3.58. The van der Waals surface area contributed by atoms with Gasteiger partial charge in [0.1, 0.15) is 18.1 Å². The number of carboxylic acids is 1. The third-order valence-corrected chi connectivity index (χ3v) is 4.77. The van der Waals surface area contributed by atoms with E-state index in [2.05, 4.69) is 22.0 Å². The molecule has 0 radical (unpaired) electrons. The Morgan fingerprint density at radius 1 is 1.25 bits per heavy atom. The first-order valence-electron chi connectivity index (χ1n) is 9.61. The molecule has 1 fully saturated rings. The molecule has 150 valence electrons. The van der Waals surface area contributed by atoms with E-state index < -0.39 is 5.97 Å². The van der Waals surface area contributed by atoms with Crippen molar-refractivity contribution in [3.05, 3.63) is 52.8 Å². The molecule has 6 heteroatoms. The molecule has 1 aliphatic heterocycles. The number of benzene rings is 1. The van der Waals surface area contributed by atoms with Gasteiger partial charge < -0.3 is 14.6 Å². The Labute approximate surface area is 166 Å². The van der Waals surface area contributed by atoms with Crippen LogP contribution in [0.4, 0.5) is 0 Å². The first-order valence-corrected chi connectivity index (χ1v) is 9.61. The molecule has 1 aromatic carbocycles. The molecule has 6 nitrogen and oxygen atoms in total. The Balaban J connectivity index is 1.58. The van der Waals surface area contributed by atoms with Crippen molar-refractivity contribution in [1.29, 1.82) is 0 Å². The molecule has 1 N–H and O–H groups in total. The van der Waals surface area contributed by atoms with Crippen LogP contribution >= 0.6 is 0 Å². The number of aliphatic carboxylic acids is 1. The van der Waals surface area contributed by atoms with Crippen LogP contribution in [0.15, 0.2) is 30.5 Å². The molecule has 0 atom stereocenters. The van der Waals surface area contributed by atoms with Gasteiger partial charge in [-0.3, -0.25) is 14.7 Å². The predicted molar refractivity (Wildman–Crippen MR) is 107 cm³/mol. The number of nitrogens with zero attached hydrogens (tertiary/aromatic N) is 2. The highest BCUT2D eigenvalue weighted by Gasteiger charge is 2.32. The highest BCUT2D eigenvalue weighted by atomic mass is 16.5. The maximum atomic E-state index is 10.9. The Morgan fingerprint density at radius 3 is 2.46 bits per heavy atom. The van der Waals surface area contributed by atoms with Crippen LogP contribution in [0, 0.1) is 19.8 Å². The largest absolute Gasteiger partial charge is 0.489 e.